The largest absolute Gasteiger partial charge is 0.383 e. The zero-order chi connectivity index (χ0) is 18.8. The molecule has 0 bridgehead atoms. The van der Waals surface area contributed by atoms with E-state index in [-0.39, 0.29) is 22.6 Å². The number of methoxy groups -OCH3 is 1. The first-order chi connectivity index (χ1) is 12.4. The van der Waals surface area contributed by atoms with Crippen LogP contribution in [0, 0.1) is 11.6 Å². The van der Waals surface area contributed by atoms with Crippen molar-refractivity contribution < 1.29 is 18.3 Å². The van der Waals surface area contributed by atoms with Crippen molar-refractivity contribution >= 4 is 5.91 Å². The Morgan fingerprint density at radius 1 is 1.23 bits per heavy atom. The highest BCUT2D eigenvalue weighted by atomic mass is 19.2. The maximum atomic E-state index is 14.7. The van der Waals surface area contributed by atoms with Crippen molar-refractivity contribution in [3.63, 3.8) is 0 Å². The Bertz CT molecular complexity index is 964. The van der Waals surface area contributed by atoms with Gasteiger partial charge in [-0.15, -0.1) is 0 Å². The van der Waals surface area contributed by atoms with Crippen LogP contribution >= 0.6 is 0 Å². The molecule has 0 saturated heterocycles. The third kappa shape index (κ3) is 3.08. The lowest BCUT2D eigenvalue weighted by Crippen LogP contribution is -2.17. The summed E-state index contributed by atoms with van der Waals surface area (Å²) < 4.78 is 37.2. The van der Waals surface area contributed by atoms with Crippen LogP contribution in [0.4, 0.5) is 8.78 Å². The first-order valence-electron chi connectivity index (χ1n) is 7.75. The van der Waals surface area contributed by atoms with Crippen molar-refractivity contribution in [1.29, 1.82) is 0 Å². The first-order valence-corrected chi connectivity index (χ1v) is 7.75. The number of imidazole rings is 1. The average Bonchev–Trinajstić information content (AvgIpc) is 3.22. The van der Waals surface area contributed by atoms with E-state index in [1.807, 2.05) is 0 Å². The molecule has 0 fully saturated rings. The van der Waals surface area contributed by atoms with Gasteiger partial charge in [0, 0.05) is 37.0 Å². The Labute approximate surface area is 148 Å². The summed E-state index contributed by atoms with van der Waals surface area (Å²) in [5.41, 5.74) is 5.98. The summed E-state index contributed by atoms with van der Waals surface area (Å²) in [5, 5.41) is 4.10. The van der Waals surface area contributed by atoms with Gasteiger partial charge in [0.1, 0.15) is 0 Å². The van der Waals surface area contributed by atoms with Crippen molar-refractivity contribution in [2.45, 2.75) is 6.54 Å². The number of aromatic nitrogens is 4. The summed E-state index contributed by atoms with van der Waals surface area (Å²) in [7, 11) is 3.08. The van der Waals surface area contributed by atoms with Crippen LogP contribution in [-0.2, 0) is 18.3 Å². The number of hydrogen-bond acceptors (Lipinski definition) is 4. The standard InChI is InChI=1S/C17H17F2N5O2/c1-23-13(8-21-17(23)16(20)25)12-4-3-11(14(18)15(12)19)10-7-22-24(9-10)5-6-26-2/h3-4,7-9H,5-6H2,1-2H3,(H2,20,25). The highest BCUT2D eigenvalue weighted by Gasteiger charge is 2.20. The summed E-state index contributed by atoms with van der Waals surface area (Å²) in [6, 6.07) is 2.89. The van der Waals surface area contributed by atoms with Crippen LogP contribution in [0.3, 0.4) is 0 Å². The van der Waals surface area contributed by atoms with Gasteiger partial charge in [-0.1, -0.05) is 6.07 Å². The van der Waals surface area contributed by atoms with E-state index in [0.717, 1.165) is 0 Å². The number of nitrogens with two attached hydrogens (primary N) is 1. The predicted molar refractivity (Wildman–Crippen MR) is 90.2 cm³/mol. The lowest BCUT2D eigenvalue weighted by molar-refractivity contribution is 0.0987. The number of hydrogen-bond donors (Lipinski definition) is 1. The molecule has 136 valence electrons. The molecule has 1 amide bonds. The molecule has 3 aromatic rings. The van der Waals surface area contributed by atoms with Crippen LogP contribution in [-0.4, -0.2) is 39.0 Å². The summed E-state index contributed by atoms with van der Waals surface area (Å²) in [4.78, 5) is 15.1. The summed E-state index contributed by atoms with van der Waals surface area (Å²) in [6.07, 6.45) is 4.36. The van der Waals surface area contributed by atoms with Gasteiger partial charge in [-0.3, -0.25) is 9.48 Å². The maximum absolute atomic E-state index is 14.7. The third-order valence-electron chi connectivity index (χ3n) is 4.04. The normalized spacial score (nSPS) is 11.1. The molecule has 1 aromatic carbocycles. The van der Waals surface area contributed by atoms with Crippen LogP contribution in [0.1, 0.15) is 10.6 Å². The number of nitrogens with zero attached hydrogens (tertiary/aromatic N) is 4. The number of benzene rings is 1. The second kappa shape index (κ2) is 7.04. The van der Waals surface area contributed by atoms with E-state index in [4.69, 9.17) is 10.5 Å². The number of halogens is 2. The molecule has 9 heteroatoms. The lowest BCUT2D eigenvalue weighted by atomic mass is 10.0. The van der Waals surface area contributed by atoms with E-state index < -0.39 is 17.5 Å². The van der Waals surface area contributed by atoms with Gasteiger partial charge in [0.05, 0.1) is 31.2 Å². The van der Waals surface area contributed by atoms with Gasteiger partial charge in [-0.2, -0.15) is 5.10 Å². The van der Waals surface area contributed by atoms with E-state index in [2.05, 4.69) is 10.1 Å². The lowest BCUT2D eigenvalue weighted by Gasteiger charge is -2.09. The van der Waals surface area contributed by atoms with E-state index in [9.17, 15) is 13.6 Å². The summed E-state index contributed by atoms with van der Waals surface area (Å²) in [5.74, 6) is -2.83. The number of rotatable bonds is 6. The predicted octanol–water partition coefficient (Wildman–Crippen LogP) is 1.97. The topological polar surface area (TPSA) is 88.0 Å². The second-order valence-corrected chi connectivity index (χ2v) is 5.66. The molecule has 0 unspecified atom stereocenters. The molecule has 0 aliphatic rings. The Morgan fingerprint density at radius 3 is 2.58 bits per heavy atom. The Hall–Kier alpha value is -3.07. The SMILES string of the molecule is COCCn1cc(-c2ccc(-c3cnc(C(N)=O)n3C)c(F)c2F)cn1. The van der Waals surface area contributed by atoms with Crippen molar-refractivity contribution in [2.24, 2.45) is 12.8 Å². The molecule has 2 aromatic heterocycles. The second-order valence-electron chi connectivity index (χ2n) is 5.66. The Kier molecular flexibility index (Phi) is 4.81. The van der Waals surface area contributed by atoms with Crippen molar-refractivity contribution in [1.82, 2.24) is 19.3 Å². The smallest absolute Gasteiger partial charge is 0.284 e. The van der Waals surface area contributed by atoms with Crippen LogP contribution in [0.15, 0.2) is 30.7 Å². The Balaban J connectivity index is 1.99. The first kappa shape index (κ1) is 17.7. The molecule has 26 heavy (non-hydrogen) atoms. The molecule has 0 aliphatic heterocycles. The molecule has 0 saturated carbocycles. The van der Waals surface area contributed by atoms with E-state index >= 15 is 0 Å². The van der Waals surface area contributed by atoms with E-state index in [1.165, 1.54) is 36.1 Å². The molecule has 0 aliphatic carbocycles. The third-order valence-corrected chi connectivity index (χ3v) is 4.04. The molecule has 3 rings (SSSR count). The monoisotopic (exact) mass is 361 g/mol. The van der Waals surface area contributed by atoms with Crippen LogP contribution < -0.4 is 5.73 Å². The van der Waals surface area contributed by atoms with Crippen molar-refractivity contribution in [3.05, 3.63) is 48.2 Å². The number of ether oxygens (including phenoxy) is 1. The Morgan fingerprint density at radius 2 is 1.92 bits per heavy atom. The van der Waals surface area contributed by atoms with Crippen molar-refractivity contribution in [3.8, 4) is 22.4 Å². The molecule has 0 atom stereocenters. The van der Waals surface area contributed by atoms with Gasteiger partial charge in [0.25, 0.3) is 5.91 Å². The number of primary amides is 1. The van der Waals surface area contributed by atoms with Crippen molar-refractivity contribution in [2.75, 3.05) is 13.7 Å². The van der Waals surface area contributed by atoms with Gasteiger partial charge in [-0.05, 0) is 6.07 Å². The molecule has 0 radical (unpaired) electrons. The highest BCUT2D eigenvalue weighted by Crippen LogP contribution is 2.31. The van der Waals surface area contributed by atoms with Gasteiger partial charge < -0.3 is 15.0 Å². The zero-order valence-electron chi connectivity index (χ0n) is 14.2. The van der Waals surface area contributed by atoms with Gasteiger partial charge in [-0.25, -0.2) is 13.8 Å². The number of carbonyl (C=O) groups excluding carboxylic acids is 1. The molecule has 2 N–H and O–H groups in total. The minimum absolute atomic E-state index is 0.0134. The molecular weight excluding hydrogens is 344 g/mol. The fourth-order valence-corrected chi connectivity index (χ4v) is 2.67. The van der Waals surface area contributed by atoms with Crippen LogP contribution in [0.25, 0.3) is 22.4 Å². The number of amides is 1. The molecule has 7 nitrogen and oxygen atoms in total. The minimum atomic E-state index is -1.04. The quantitative estimate of drug-likeness (QED) is 0.727. The van der Waals surface area contributed by atoms with E-state index in [0.29, 0.717) is 18.7 Å². The van der Waals surface area contributed by atoms with Gasteiger partial charge >= 0.3 is 0 Å². The summed E-state index contributed by atoms with van der Waals surface area (Å²) in [6.45, 7) is 0.961. The van der Waals surface area contributed by atoms with Crippen LogP contribution in [0.5, 0.6) is 0 Å². The van der Waals surface area contributed by atoms with E-state index in [1.54, 1.807) is 18.0 Å². The maximum Gasteiger partial charge on any atom is 0.284 e. The fraction of sp³-hybridized carbons (Fsp3) is 0.235. The van der Waals surface area contributed by atoms with Gasteiger partial charge in [0.15, 0.2) is 17.5 Å². The summed E-state index contributed by atoms with van der Waals surface area (Å²) >= 11 is 0. The van der Waals surface area contributed by atoms with Gasteiger partial charge in [0.2, 0.25) is 0 Å². The number of carbonyl (C=O) groups is 1. The highest BCUT2D eigenvalue weighted by molar-refractivity contribution is 5.90. The minimum Gasteiger partial charge on any atom is -0.383 e. The zero-order valence-corrected chi connectivity index (χ0v) is 14.2. The fourth-order valence-electron chi connectivity index (χ4n) is 2.67. The molecule has 2 heterocycles. The molecular formula is C17H17F2N5O2. The average molecular weight is 361 g/mol. The van der Waals surface area contributed by atoms with Crippen LogP contribution in [0.2, 0.25) is 0 Å². The molecule has 0 spiro atoms.